The Morgan fingerprint density at radius 2 is 1.63 bits per heavy atom. The lowest BCUT2D eigenvalue weighted by atomic mass is 10.2. The highest BCUT2D eigenvalue weighted by molar-refractivity contribution is 5.96. The standard InChI is InChI=1S/C22H22N2O3/c1-15-9-7-8-12-20(15)23-21(25)14-27-22(26)19-13-16(2)24(17(19)3)18-10-5-4-6-11-18/h4-13H,14H2,1-3H3,(H,23,25). The van der Waals surface area contributed by atoms with Gasteiger partial charge in [-0.05, 0) is 50.6 Å². The Hall–Kier alpha value is -3.34. The number of aryl methyl sites for hydroxylation is 2. The van der Waals surface area contributed by atoms with Gasteiger partial charge in [-0.25, -0.2) is 4.79 Å². The van der Waals surface area contributed by atoms with Gasteiger partial charge < -0.3 is 14.6 Å². The van der Waals surface area contributed by atoms with Crippen LogP contribution in [-0.2, 0) is 9.53 Å². The smallest absolute Gasteiger partial charge is 0.340 e. The van der Waals surface area contributed by atoms with Crippen LogP contribution in [-0.4, -0.2) is 23.1 Å². The molecule has 1 N–H and O–H groups in total. The van der Waals surface area contributed by atoms with Gasteiger partial charge in [-0.2, -0.15) is 0 Å². The molecule has 138 valence electrons. The monoisotopic (exact) mass is 362 g/mol. The molecule has 0 spiro atoms. The molecule has 0 saturated heterocycles. The molecule has 5 heteroatoms. The van der Waals surface area contributed by atoms with E-state index >= 15 is 0 Å². The van der Waals surface area contributed by atoms with Gasteiger partial charge in [0.25, 0.3) is 5.91 Å². The Bertz CT molecular complexity index is 974. The average molecular weight is 362 g/mol. The third kappa shape index (κ3) is 4.08. The molecule has 2 aromatic carbocycles. The number of nitrogens with zero attached hydrogens (tertiary/aromatic N) is 1. The number of hydrogen-bond donors (Lipinski definition) is 1. The molecule has 0 saturated carbocycles. The molecule has 0 aliphatic heterocycles. The van der Waals surface area contributed by atoms with Gasteiger partial charge in [0.1, 0.15) is 0 Å². The fraction of sp³-hybridized carbons (Fsp3) is 0.182. The van der Waals surface area contributed by atoms with Crippen molar-refractivity contribution in [2.45, 2.75) is 20.8 Å². The van der Waals surface area contributed by atoms with Crippen LogP contribution in [0, 0.1) is 20.8 Å². The fourth-order valence-corrected chi connectivity index (χ4v) is 3.05. The number of anilines is 1. The lowest BCUT2D eigenvalue weighted by Crippen LogP contribution is -2.21. The van der Waals surface area contributed by atoms with E-state index in [0.717, 1.165) is 22.6 Å². The van der Waals surface area contributed by atoms with Crippen LogP contribution < -0.4 is 5.32 Å². The highest BCUT2D eigenvalue weighted by Gasteiger charge is 2.19. The maximum Gasteiger partial charge on any atom is 0.340 e. The summed E-state index contributed by atoms with van der Waals surface area (Å²) in [5, 5.41) is 2.75. The molecule has 3 rings (SSSR count). The van der Waals surface area contributed by atoms with Gasteiger partial charge in [0.15, 0.2) is 6.61 Å². The molecule has 1 heterocycles. The summed E-state index contributed by atoms with van der Waals surface area (Å²) in [6, 6.07) is 19.0. The summed E-state index contributed by atoms with van der Waals surface area (Å²) >= 11 is 0. The molecule has 0 aliphatic rings. The highest BCUT2D eigenvalue weighted by atomic mass is 16.5. The maximum absolute atomic E-state index is 12.5. The second-order valence-corrected chi connectivity index (χ2v) is 6.39. The number of carbonyl (C=O) groups is 2. The number of carbonyl (C=O) groups excluding carboxylic acids is 2. The molecule has 3 aromatic rings. The molecule has 1 aromatic heterocycles. The second-order valence-electron chi connectivity index (χ2n) is 6.39. The second kappa shape index (κ2) is 7.91. The number of benzene rings is 2. The Balaban J connectivity index is 1.68. The predicted octanol–water partition coefficient (Wildman–Crippen LogP) is 4.20. The van der Waals surface area contributed by atoms with Crippen LogP contribution in [0.1, 0.15) is 27.3 Å². The number of aromatic nitrogens is 1. The minimum atomic E-state index is -0.509. The van der Waals surface area contributed by atoms with Crippen molar-refractivity contribution in [1.29, 1.82) is 0 Å². The molecule has 1 amide bonds. The van der Waals surface area contributed by atoms with Crippen molar-refractivity contribution >= 4 is 17.6 Å². The minimum Gasteiger partial charge on any atom is -0.452 e. The summed E-state index contributed by atoms with van der Waals surface area (Å²) in [4.78, 5) is 24.6. The summed E-state index contributed by atoms with van der Waals surface area (Å²) in [6.07, 6.45) is 0. The van der Waals surface area contributed by atoms with Gasteiger partial charge in [0, 0.05) is 22.8 Å². The first-order valence-electron chi connectivity index (χ1n) is 8.74. The number of hydrogen-bond acceptors (Lipinski definition) is 3. The maximum atomic E-state index is 12.5. The third-order valence-electron chi connectivity index (χ3n) is 4.42. The zero-order valence-electron chi connectivity index (χ0n) is 15.7. The van der Waals surface area contributed by atoms with Crippen molar-refractivity contribution in [1.82, 2.24) is 4.57 Å². The van der Waals surface area contributed by atoms with Gasteiger partial charge in [0.2, 0.25) is 0 Å². The largest absolute Gasteiger partial charge is 0.452 e. The SMILES string of the molecule is Cc1ccccc1NC(=O)COC(=O)c1cc(C)n(-c2ccccc2)c1C. The van der Waals surface area contributed by atoms with Crippen LogP contribution in [0.25, 0.3) is 5.69 Å². The number of para-hydroxylation sites is 2. The molecule has 0 atom stereocenters. The van der Waals surface area contributed by atoms with Gasteiger partial charge in [-0.15, -0.1) is 0 Å². The molecule has 0 fully saturated rings. The van der Waals surface area contributed by atoms with Crippen molar-refractivity contribution in [2.75, 3.05) is 11.9 Å². The summed E-state index contributed by atoms with van der Waals surface area (Å²) in [5.74, 6) is -0.875. The molecule has 0 unspecified atom stereocenters. The Morgan fingerprint density at radius 1 is 0.963 bits per heavy atom. The van der Waals surface area contributed by atoms with Crippen molar-refractivity contribution < 1.29 is 14.3 Å². The van der Waals surface area contributed by atoms with Crippen molar-refractivity contribution in [2.24, 2.45) is 0 Å². The van der Waals surface area contributed by atoms with Gasteiger partial charge >= 0.3 is 5.97 Å². The van der Waals surface area contributed by atoms with E-state index < -0.39 is 5.97 Å². The Kier molecular flexibility index (Phi) is 5.41. The number of esters is 1. The number of amides is 1. The molecular weight excluding hydrogens is 340 g/mol. The van der Waals surface area contributed by atoms with Gasteiger partial charge in [0.05, 0.1) is 5.56 Å². The third-order valence-corrected chi connectivity index (χ3v) is 4.42. The molecule has 0 bridgehead atoms. The minimum absolute atomic E-state index is 0.331. The first-order chi connectivity index (χ1) is 13.0. The van der Waals surface area contributed by atoms with E-state index in [9.17, 15) is 9.59 Å². The van der Waals surface area contributed by atoms with E-state index in [1.165, 1.54) is 0 Å². The molecule has 27 heavy (non-hydrogen) atoms. The molecule has 5 nitrogen and oxygen atoms in total. The van der Waals surface area contributed by atoms with Crippen LogP contribution in [0.5, 0.6) is 0 Å². The first-order valence-corrected chi connectivity index (χ1v) is 8.74. The average Bonchev–Trinajstić information content (AvgIpc) is 2.96. The van der Waals surface area contributed by atoms with Crippen LogP contribution in [0.3, 0.4) is 0 Å². The van der Waals surface area contributed by atoms with Crippen LogP contribution in [0.15, 0.2) is 60.7 Å². The van der Waals surface area contributed by atoms with E-state index in [0.29, 0.717) is 11.3 Å². The molecular formula is C22H22N2O3. The zero-order valence-corrected chi connectivity index (χ0v) is 15.7. The van der Waals surface area contributed by atoms with E-state index in [-0.39, 0.29) is 12.5 Å². The number of nitrogens with one attached hydrogen (secondary N) is 1. The summed E-state index contributed by atoms with van der Waals surface area (Å²) in [5.41, 5.74) is 4.80. The Morgan fingerprint density at radius 3 is 2.33 bits per heavy atom. The number of rotatable bonds is 5. The van der Waals surface area contributed by atoms with E-state index in [1.807, 2.05) is 79.9 Å². The van der Waals surface area contributed by atoms with Crippen molar-refractivity contribution in [3.63, 3.8) is 0 Å². The first kappa shape index (κ1) is 18.5. The van der Waals surface area contributed by atoms with E-state index in [2.05, 4.69) is 5.32 Å². The fourth-order valence-electron chi connectivity index (χ4n) is 3.05. The summed E-state index contributed by atoms with van der Waals surface area (Å²) < 4.78 is 7.21. The van der Waals surface area contributed by atoms with Crippen molar-refractivity contribution in [3.8, 4) is 5.69 Å². The molecule has 0 radical (unpaired) electrons. The topological polar surface area (TPSA) is 60.3 Å². The van der Waals surface area contributed by atoms with Crippen molar-refractivity contribution in [3.05, 3.63) is 83.2 Å². The van der Waals surface area contributed by atoms with Gasteiger partial charge in [-0.1, -0.05) is 36.4 Å². The summed E-state index contributed by atoms with van der Waals surface area (Å²) in [7, 11) is 0. The van der Waals surface area contributed by atoms with E-state index in [4.69, 9.17) is 4.74 Å². The van der Waals surface area contributed by atoms with Crippen LogP contribution >= 0.6 is 0 Å². The predicted molar refractivity (Wildman–Crippen MR) is 105 cm³/mol. The quantitative estimate of drug-likeness (QED) is 0.692. The highest BCUT2D eigenvalue weighted by Crippen LogP contribution is 2.21. The zero-order chi connectivity index (χ0) is 19.4. The summed E-state index contributed by atoms with van der Waals surface area (Å²) in [6.45, 7) is 5.37. The Labute approximate surface area is 158 Å². The van der Waals surface area contributed by atoms with Gasteiger partial charge in [-0.3, -0.25) is 4.79 Å². The van der Waals surface area contributed by atoms with Crippen LogP contribution in [0.2, 0.25) is 0 Å². The van der Waals surface area contributed by atoms with Crippen LogP contribution in [0.4, 0.5) is 5.69 Å². The molecule has 0 aliphatic carbocycles. The normalized spacial score (nSPS) is 10.5. The van der Waals surface area contributed by atoms with E-state index in [1.54, 1.807) is 6.07 Å². The lowest BCUT2D eigenvalue weighted by Gasteiger charge is -2.10. The lowest BCUT2D eigenvalue weighted by molar-refractivity contribution is -0.119. The number of ether oxygens (including phenoxy) is 1.